The summed E-state index contributed by atoms with van der Waals surface area (Å²) in [6.07, 6.45) is 10.0. The average molecular weight is 552 g/mol. The Labute approximate surface area is 183 Å². The van der Waals surface area contributed by atoms with E-state index in [1.807, 2.05) is 12.2 Å². The second kappa shape index (κ2) is 12.7. The molecule has 0 nitrogen and oxygen atoms in total. The number of benzene rings is 2. The fourth-order valence-electron chi connectivity index (χ4n) is 2.43. The number of fused-ring (bicyclic) bond motifs is 1. The van der Waals surface area contributed by atoms with E-state index in [9.17, 15) is 0 Å². The van der Waals surface area contributed by atoms with Crippen LogP contribution in [-0.4, -0.2) is 0 Å². The molecule has 0 aliphatic heterocycles. The first-order chi connectivity index (χ1) is 10.8. The van der Waals surface area contributed by atoms with Crippen molar-refractivity contribution in [2.45, 2.75) is 13.3 Å². The monoisotopic (exact) mass is 552 g/mol. The molecule has 0 bridgehead atoms. The van der Waals surface area contributed by atoms with Crippen molar-refractivity contribution in [3.05, 3.63) is 90.5 Å². The van der Waals surface area contributed by atoms with Gasteiger partial charge in [0, 0.05) is 0 Å². The smallest absolute Gasteiger partial charge is 1.00 e. The van der Waals surface area contributed by atoms with Crippen LogP contribution in [-0.2, 0) is 25.8 Å². The molecule has 3 aromatic rings. The quantitative estimate of drug-likeness (QED) is 0.214. The molecule has 1 aliphatic rings. The summed E-state index contributed by atoms with van der Waals surface area (Å²) in [6.45, 7) is 2.19. The van der Waals surface area contributed by atoms with E-state index >= 15 is 0 Å². The van der Waals surface area contributed by atoms with E-state index in [1.165, 1.54) is 26.9 Å². The van der Waals surface area contributed by atoms with Gasteiger partial charge in [-0.1, -0.05) is 38.9 Å². The topological polar surface area (TPSA) is 0 Å². The normalized spacial score (nSPS) is 11.4. The van der Waals surface area contributed by atoms with Crippen LogP contribution in [0.1, 0.15) is 12.0 Å². The van der Waals surface area contributed by atoms with Gasteiger partial charge in [0.05, 0.1) is 0 Å². The van der Waals surface area contributed by atoms with Crippen LogP contribution >= 0.6 is 8.58 Å². The van der Waals surface area contributed by atoms with Crippen molar-refractivity contribution in [1.82, 2.24) is 0 Å². The van der Waals surface area contributed by atoms with Gasteiger partial charge in [0.15, 0.2) is 0 Å². The molecule has 1 atom stereocenters. The minimum absolute atomic E-state index is 0. The minimum Gasteiger partial charge on any atom is -1.00 e. The van der Waals surface area contributed by atoms with Crippen molar-refractivity contribution in [3.8, 4) is 0 Å². The average Bonchev–Trinajstić information content (AvgIpc) is 3.21. The summed E-state index contributed by atoms with van der Waals surface area (Å²) in [5.41, 5.74) is 1.39. The summed E-state index contributed by atoms with van der Waals surface area (Å²) in [5.74, 6) is 0. The first kappa shape index (κ1) is 24.4. The molecular formula is C21H19Cl2HfP. The summed E-state index contributed by atoms with van der Waals surface area (Å²) >= 11 is 0. The molecule has 0 heterocycles. The molecule has 0 radical (unpaired) electrons. The van der Waals surface area contributed by atoms with Crippen LogP contribution in [0, 0.1) is 13.0 Å². The van der Waals surface area contributed by atoms with Crippen molar-refractivity contribution >= 4 is 30.0 Å². The molecule has 1 unspecified atom stereocenters. The van der Waals surface area contributed by atoms with Crippen molar-refractivity contribution in [2.75, 3.05) is 0 Å². The maximum absolute atomic E-state index is 2.99. The van der Waals surface area contributed by atoms with E-state index in [2.05, 4.69) is 79.7 Å². The first-order valence-electron chi connectivity index (χ1n) is 7.53. The van der Waals surface area contributed by atoms with Gasteiger partial charge in [0.1, 0.15) is 0 Å². The number of halogens is 2. The zero-order valence-electron chi connectivity index (χ0n) is 14.0. The van der Waals surface area contributed by atoms with Crippen LogP contribution < -0.4 is 35.4 Å². The van der Waals surface area contributed by atoms with Crippen molar-refractivity contribution in [2.24, 2.45) is 0 Å². The Balaban J connectivity index is 0.000000630. The molecule has 0 aromatic heterocycles. The van der Waals surface area contributed by atoms with E-state index in [-0.39, 0.29) is 50.7 Å². The summed E-state index contributed by atoms with van der Waals surface area (Å²) < 4.78 is 0. The Morgan fingerprint density at radius 3 is 2.32 bits per heavy atom. The summed E-state index contributed by atoms with van der Waals surface area (Å²) in [6, 6.07) is 21.8. The molecule has 4 heteroatoms. The van der Waals surface area contributed by atoms with Gasteiger partial charge in [-0.15, -0.1) is 46.8 Å². The van der Waals surface area contributed by atoms with Crippen LogP contribution in [0.25, 0.3) is 10.8 Å². The molecular weight excluding hydrogens is 533 g/mol. The van der Waals surface area contributed by atoms with Crippen LogP contribution in [0.3, 0.4) is 0 Å². The van der Waals surface area contributed by atoms with E-state index in [0.717, 1.165) is 15.0 Å². The standard InChI is InChI=1S/C16H14P.C5H5.2ClH.Hf/c1-12-6-2-5-9-16(12)17-15-10-13-7-3-4-8-14(13)11-15;1-2-4-5-3-1;;;/h2-11,17H,1H3;1-3H,4H2;2*1H;/q2*-1;;;+4/p-2. The summed E-state index contributed by atoms with van der Waals surface area (Å²) in [7, 11) is 0.759. The largest absolute Gasteiger partial charge is 4.00 e. The Morgan fingerprint density at radius 2 is 1.72 bits per heavy atom. The van der Waals surface area contributed by atoms with Crippen LogP contribution in [0.2, 0.25) is 0 Å². The fourth-order valence-corrected chi connectivity index (χ4v) is 3.66. The van der Waals surface area contributed by atoms with Gasteiger partial charge < -0.3 is 24.8 Å². The second-order valence-corrected chi connectivity index (χ2v) is 6.68. The van der Waals surface area contributed by atoms with E-state index in [0.29, 0.717) is 0 Å². The number of hydrogen-bond acceptors (Lipinski definition) is 0. The molecule has 0 spiro atoms. The summed E-state index contributed by atoms with van der Waals surface area (Å²) in [4.78, 5) is 0. The third-order valence-corrected chi connectivity index (χ3v) is 5.04. The molecule has 0 saturated heterocycles. The van der Waals surface area contributed by atoms with Crippen molar-refractivity contribution in [1.29, 1.82) is 0 Å². The van der Waals surface area contributed by atoms with Gasteiger partial charge in [0.25, 0.3) is 0 Å². The predicted molar refractivity (Wildman–Crippen MR) is 99.9 cm³/mol. The molecule has 0 amide bonds. The fraction of sp³-hybridized carbons (Fsp3) is 0.0952. The van der Waals surface area contributed by atoms with Gasteiger partial charge in [-0.3, -0.25) is 6.08 Å². The Morgan fingerprint density at radius 1 is 1.00 bits per heavy atom. The molecule has 25 heavy (non-hydrogen) atoms. The Hall–Kier alpha value is -0.590. The Bertz CT molecular complexity index is 778. The molecule has 1 aliphatic carbocycles. The molecule has 126 valence electrons. The van der Waals surface area contributed by atoms with Crippen LogP contribution in [0.5, 0.6) is 0 Å². The van der Waals surface area contributed by atoms with Gasteiger partial charge >= 0.3 is 25.8 Å². The SMILES string of the molecule is Cc1ccccc1Pc1cc2ccccc2[cH-]1.[C-]1=CC=CC1.[Cl-].[Cl-].[Hf+4]. The number of aryl methyl sites for hydroxylation is 1. The van der Waals surface area contributed by atoms with Gasteiger partial charge in [-0.05, 0) is 17.8 Å². The number of rotatable bonds is 2. The van der Waals surface area contributed by atoms with Crippen molar-refractivity contribution < 1.29 is 50.7 Å². The minimum atomic E-state index is 0. The van der Waals surface area contributed by atoms with Gasteiger partial charge in [-0.2, -0.15) is 12.1 Å². The second-order valence-electron chi connectivity index (χ2n) is 5.32. The third kappa shape index (κ3) is 7.27. The van der Waals surface area contributed by atoms with Crippen molar-refractivity contribution in [3.63, 3.8) is 0 Å². The van der Waals surface area contributed by atoms with Crippen LogP contribution in [0.4, 0.5) is 0 Å². The summed E-state index contributed by atoms with van der Waals surface area (Å²) in [5, 5.41) is 5.58. The number of allylic oxidation sites excluding steroid dienone is 4. The van der Waals surface area contributed by atoms with Gasteiger partial charge in [-0.25, -0.2) is 12.2 Å². The zero-order chi connectivity index (χ0) is 15.2. The molecule has 0 N–H and O–H groups in total. The van der Waals surface area contributed by atoms with Gasteiger partial charge in [0.2, 0.25) is 0 Å². The van der Waals surface area contributed by atoms with E-state index in [4.69, 9.17) is 0 Å². The molecule has 0 saturated carbocycles. The maximum atomic E-state index is 2.99. The third-order valence-electron chi connectivity index (χ3n) is 3.63. The maximum Gasteiger partial charge on any atom is 4.00 e. The molecule has 3 aromatic carbocycles. The van der Waals surface area contributed by atoms with E-state index in [1.54, 1.807) is 0 Å². The molecule has 4 rings (SSSR count). The molecule has 0 fully saturated rings. The Kier molecular flexibility index (Phi) is 12.4. The first-order valence-corrected chi connectivity index (χ1v) is 8.53. The van der Waals surface area contributed by atoms with Crippen LogP contribution in [0.15, 0.2) is 78.9 Å². The number of hydrogen-bond donors (Lipinski definition) is 0. The predicted octanol–water partition coefficient (Wildman–Crippen LogP) is -1.19. The zero-order valence-corrected chi connectivity index (χ0v) is 20.1. The van der Waals surface area contributed by atoms with E-state index < -0.39 is 0 Å².